The molecular formula is C18H16N4O6S. The first-order chi connectivity index (χ1) is 13.8. The van der Waals surface area contributed by atoms with Crippen molar-refractivity contribution in [3.8, 4) is 6.07 Å². The van der Waals surface area contributed by atoms with Crippen molar-refractivity contribution in [3.05, 3.63) is 70.4 Å². The zero-order valence-corrected chi connectivity index (χ0v) is 16.0. The van der Waals surface area contributed by atoms with Crippen LogP contribution in [0, 0.1) is 21.4 Å². The normalized spacial score (nSPS) is 11.2. The molecule has 0 aliphatic carbocycles. The van der Waals surface area contributed by atoms with E-state index in [0.717, 1.165) is 30.5 Å². The molecule has 2 aromatic carbocycles. The number of carbonyl (C=O) groups is 1. The van der Waals surface area contributed by atoms with Gasteiger partial charge in [0.15, 0.2) is 5.57 Å². The lowest BCUT2D eigenvalue weighted by molar-refractivity contribution is -0.384. The highest BCUT2D eigenvalue weighted by Gasteiger charge is 2.18. The summed E-state index contributed by atoms with van der Waals surface area (Å²) in [6.45, 7) is 1.70. The van der Waals surface area contributed by atoms with E-state index in [-0.39, 0.29) is 34.1 Å². The number of nitrogens with zero attached hydrogens (tertiary/aromatic N) is 2. The van der Waals surface area contributed by atoms with E-state index in [0.29, 0.717) is 0 Å². The first-order valence-corrected chi connectivity index (χ1v) is 9.67. The van der Waals surface area contributed by atoms with Gasteiger partial charge < -0.3 is 10.1 Å². The van der Waals surface area contributed by atoms with Crippen molar-refractivity contribution in [2.45, 2.75) is 11.8 Å². The lowest BCUT2D eigenvalue weighted by Gasteiger charge is -2.12. The topological polar surface area (TPSA) is 151 Å². The van der Waals surface area contributed by atoms with Gasteiger partial charge in [-0.05, 0) is 31.2 Å². The highest BCUT2D eigenvalue weighted by atomic mass is 32.2. The quantitative estimate of drug-likeness (QED) is 0.219. The van der Waals surface area contributed by atoms with Crippen LogP contribution in [0.1, 0.15) is 6.92 Å². The largest absolute Gasteiger partial charge is 0.462 e. The molecule has 0 atom stereocenters. The number of anilines is 2. The monoisotopic (exact) mass is 416 g/mol. The highest BCUT2D eigenvalue weighted by molar-refractivity contribution is 7.92. The molecule has 0 saturated carbocycles. The van der Waals surface area contributed by atoms with Gasteiger partial charge in [0, 0.05) is 18.3 Å². The summed E-state index contributed by atoms with van der Waals surface area (Å²) in [4.78, 5) is 21.6. The molecule has 11 heteroatoms. The smallest absolute Gasteiger partial charge is 0.350 e. The van der Waals surface area contributed by atoms with Crippen LogP contribution in [0.3, 0.4) is 0 Å². The molecule has 150 valence electrons. The Morgan fingerprint density at radius 2 is 1.83 bits per heavy atom. The minimum Gasteiger partial charge on any atom is -0.462 e. The van der Waals surface area contributed by atoms with Gasteiger partial charge in [-0.1, -0.05) is 12.1 Å². The molecule has 0 unspecified atom stereocenters. The van der Waals surface area contributed by atoms with E-state index in [4.69, 9.17) is 10.00 Å². The summed E-state index contributed by atoms with van der Waals surface area (Å²) in [6, 6.07) is 12.3. The fraction of sp³-hybridized carbons (Fsp3) is 0.111. The van der Waals surface area contributed by atoms with Crippen molar-refractivity contribution in [1.29, 1.82) is 5.26 Å². The number of ether oxygens (including phenoxy) is 1. The van der Waals surface area contributed by atoms with Gasteiger partial charge in [-0.15, -0.1) is 0 Å². The zero-order chi connectivity index (χ0) is 21.4. The molecule has 0 amide bonds. The molecule has 29 heavy (non-hydrogen) atoms. The number of nitro groups is 1. The molecule has 0 aromatic heterocycles. The molecule has 0 fully saturated rings. The lowest BCUT2D eigenvalue weighted by atomic mass is 10.2. The van der Waals surface area contributed by atoms with Gasteiger partial charge in [-0.3, -0.25) is 14.8 Å². The van der Waals surface area contributed by atoms with Gasteiger partial charge in [0.2, 0.25) is 0 Å². The number of benzene rings is 2. The molecule has 2 rings (SSSR count). The van der Waals surface area contributed by atoms with Crippen LogP contribution < -0.4 is 10.0 Å². The SMILES string of the molecule is CCOC(=O)/C(C#N)=C/Nc1ccccc1NS(=O)(=O)c1ccc([N+](=O)[O-])cc1. The van der Waals surface area contributed by atoms with Gasteiger partial charge in [0.05, 0.1) is 27.8 Å². The Hall–Kier alpha value is -3.91. The number of nitriles is 1. The van der Waals surface area contributed by atoms with E-state index in [1.54, 1.807) is 25.1 Å². The number of para-hydroxylation sites is 2. The highest BCUT2D eigenvalue weighted by Crippen LogP contribution is 2.25. The van der Waals surface area contributed by atoms with Crippen molar-refractivity contribution in [2.24, 2.45) is 0 Å². The minimum absolute atomic E-state index is 0.101. The molecular weight excluding hydrogens is 400 g/mol. The Morgan fingerprint density at radius 3 is 2.38 bits per heavy atom. The standard InChI is InChI=1S/C18H16N4O6S/c1-2-28-18(23)13(11-19)12-20-16-5-3-4-6-17(16)21-29(26,27)15-9-7-14(8-10-15)22(24)25/h3-10,12,20-21H,2H2,1H3/b13-12+. The lowest BCUT2D eigenvalue weighted by Crippen LogP contribution is -2.14. The number of esters is 1. The van der Waals surface area contributed by atoms with Crippen molar-refractivity contribution in [1.82, 2.24) is 0 Å². The Balaban J connectivity index is 2.27. The summed E-state index contributed by atoms with van der Waals surface area (Å²) in [6.07, 6.45) is 1.11. The van der Waals surface area contributed by atoms with Gasteiger partial charge in [0.1, 0.15) is 6.07 Å². The predicted molar refractivity (Wildman–Crippen MR) is 104 cm³/mol. The number of rotatable bonds is 8. The zero-order valence-electron chi connectivity index (χ0n) is 15.2. The van der Waals surface area contributed by atoms with Gasteiger partial charge in [-0.2, -0.15) is 5.26 Å². The molecule has 0 saturated heterocycles. The Kier molecular flexibility index (Phi) is 6.89. The average molecular weight is 416 g/mol. The van der Waals surface area contributed by atoms with Crippen LogP contribution in [0.2, 0.25) is 0 Å². The summed E-state index contributed by atoms with van der Waals surface area (Å²) in [5, 5.41) is 22.5. The summed E-state index contributed by atoms with van der Waals surface area (Å²) in [5.41, 5.74) is -0.114. The van der Waals surface area contributed by atoms with Crippen LogP contribution in [-0.4, -0.2) is 25.9 Å². The van der Waals surface area contributed by atoms with Gasteiger partial charge in [-0.25, -0.2) is 13.2 Å². The van der Waals surface area contributed by atoms with E-state index >= 15 is 0 Å². The fourth-order valence-corrected chi connectivity index (χ4v) is 3.22. The predicted octanol–water partition coefficient (Wildman–Crippen LogP) is 2.78. The summed E-state index contributed by atoms with van der Waals surface area (Å²) in [5.74, 6) is -0.813. The Bertz CT molecular complexity index is 1090. The molecule has 2 N–H and O–H groups in total. The van der Waals surface area contributed by atoms with E-state index < -0.39 is 20.9 Å². The third kappa shape index (κ3) is 5.53. The summed E-state index contributed by atoms with van der Waals surface area (Å²) in [7, 11) is -4.04. The van der Waals surface area contributed by atoms with Crippen LogP contribution in [-0.2, 0) is 19.6 Å². The molecule has 0 radical (unpaired) electrons. The summed E-state index contributed by atoms with van der Waals surface area (Å²) >= 11 is 0. The third-order valence-corrected chi connectivity index (χ3v) is 4.90. The maximum absolute atomic E-state index is 12.6. The Labute approximate surface area is 166 Å². The van der Waals surface area contributed by atoms with Crippen LogP contribution >= 0.6 is 0 Å². The molecule has 10 nitrogen and oxygen atoms in total. The van der Waals surface area contributed by atoms with E-state index in [1.807, 2.05) is 0 Å². The number of sulfonamides is 1. The van der Waals surface area contributed by atoms with Gasteiger partial charge >= 0.3 is 5.97 Å². The number of carbonyl (C=O) groups excluding carboxylic acids is 1. The fourth-order valence-electron chi connectivity index (χ4n) is 2.14. The van der Waals surface area contributed by atoms with E-state index in [2.05, 4.69) is 10.0 Å². The van der Waals surface area contributed by atoms with Crippen molar-refractivity contribution in [3.63, 3.8) is 0 Å². The molecule has 0 aliphatic rings. The van der Waals surface area contributed by atoms with Crippen LogP contribution in [0.25, 0.3) is 0 Å². The van der Waals surface area contributed by atoms with Crippen molar-refractivity contribution >= 4 is 33.1 Å². The number of nitro benzene ring substituents is 1. The molecule has 0 aliphatic heterocycles. The number of hydrogen-bond acceptors (Lipinski definition) is 8. The van der Waals surface area contributed by atoms with Gasteiger partial charge in [0.25, 0.3) is 15.7 Å². The summed E-state index contributed by atoms with van der Waals surface area (Å²) < 4.78 is 32.3. The second kappa shape index (κ2) is 9.34. The third-order valence-electron chi connectivity index (χ3n) is 3.52. The van der Waals surface area contributed by atoms with Crippen molar-refractivity contribution < 1.29 is 22.9 Å². The molecule has 0 bridgehead atoms. The first-order valence-electron chi connectivity index (χ1n) is 8.18. The maximum Gasteiger partial charge on any atom is 0.350 e. The van der Waals surface area contributed by atoms with Crippen LogP contribution in [0.15, 0.2) is 65.2 Å². The molecule has 0 spiro atoms. The second-order valence-corrected chi connectivity index (χ2v) is 7.12. The molecule has 0 heterocycles. The number of nitrogens with one attached hydrogen (secondary N) is 2. The van der Waals surface area contributed by atoms with Crippen LogP contribution in [0.4, 0.5) is 17.1 Å². The molecule has 2 aromatic rings. The van der Waals surface area contributed by atoms with E-state index in [1.165, 1.54) is 12.1 Å². The maximum atomic E-state index is 12.6. The first kappa shape index (κ1) is 21.4. The Morgan fingerprint density at radius 1 is 1.21 bits per heavy atom. The minimum atomic E-state index is -4.04. The number of non-ortho nitro benzene ring substituents is 1. The van der Waals surface area contributed by atoms with E-state index in [9.17, 15) is 23.3 Å². The number of hydrogen-bond donors (Lipinski definition) is 2. The van der Waals surface area contributed by atoms with Crippen LogP contribution in [0.5, 0.6) is 0 Å². The van der Waals surface area contributed by atoms with Crippen molar-refractivity contribution in [2.75, 3.05) is 16.6 Å². The average Bonchev–Trinajstić information content (AvgIpc) is 2.69. The second-order valence-electron chi connectivity index (χ2n) is 5.44.